The third-order valence-electron chi connectivity index (χ3n) is 12.4. The first-order chi connectivity index (χ1) is 38.5. The normalized spacial score (nSPS) is 13.1. The van der Waals surface area contributed by atoms with Crippen molar-refractivity contribution in [2.24, 2.45) is 11.0 Å². The van der Waals surface area contributed by atoms with Crippen LogP contribution in [0, 0.1) is 5.92 Å². The number of hydrogen-bond acceptors (Lipinski definition) is 15. The fourth-order valence-electron chi connectivity index (χ4n) is 8.40. The number of rotatable bonds is 16. The molecule has 0 unspecified atom stereocenters. The van der Waals surface area contributed by atoms with Gasteiger partial charge in [0.2, 0.25) is 17.5 Å². The number of anilines is 1. The molecule has 25 heteroatoms. The Morgan fingerprint density at radius 1 is 0.605 bits per heavy atom. The minimum absolute atomic E-state index is 0. The summed E-state index contributed by atoms with van der Waals surface area (Å²) in [6, 6.07) is 47.2. The molecule has 1 aliphatic rings. The first-order valence-corrected chi connectivity index (χ1v) is 27.4. The maximum absolute atomic E-state index is 8.95. The van der Waals surface area contributed by atoms with Crippen LogP contribution in [-0.2, 0) is 32.5 Å². The van der Waals surface area contributed by atoms with E-state index in [4.69, 9.17) is 34.4 Å². The van der Waals surface area contributed by atoms with Crippen LogP contribution in [0.25, 0.3) is 44.6 Å². The van der Waals surface area contributed by atoms with Gasteiger partial charge in [0.05, 0.1) is 39.5 Å². The Hall–Kier alpha value is -7.58. The highest BCUT2D eigenvalue weighted by molar-refractivity contribution is 9.10. The van der Waals surface area contributed by atoms with Crippen LogP contribution in [-0.4, -0.2) is 128 Å². The van der Waals surface area contributed by atoms with Crippen molar-refractivity contribution in [1.82, 2.24) is 65.9 Å². The number of nitrogens with one attached hydrogen (secondary N) is 1. The Balaban J connectivity index is 0.000000228. The van der Waals surface area contributed by atoms with Crippen molar-refractivity contribution in [1.29, 1.82) is 0 Å². The molecule has 3 aromatic heterocycles. The van der Waals surface area contributed by atoms with Crippen molar-refractivity contribution < 1.29 is 26.3 Å². The van der Waals surface area contributed by atoms with Gasteiger partial charge in [-0.15, -0.1) is 30.6 Å². The Morgan fingerprint density at radius 2 is 1.01 bits per heavy atom. The predicted octanol–water partition coefficient (Wildman–Crippen LogP) is 7.23. The van der Waals surface area contributed by atoms with E-state index in [2.05, 4.69) is 126 Å². The number of tetrazole rings is 3. The van der Waals surface area contributed by atoms with E-state index in [0.717, 1.165) is 66.2 Å². The Kier molecular flexibility index (Phi) is 29.2. The van der Waals surface area contributed by atoms with Crippen molar-refractivity contribution in [3.63, 3.8) is 0 Å². The second-order valence-corrected chi connectivity index (χ2v) is 19.8. The summed E-state index contributed by atoms with van der Waals surface area (Å²) in [6.45, 7) is 3.25. The minimum atomic E-state index is -0.0328. The molecule has 22 nitrogen and oxygen atoms in total. The van der Waals surface area contributed by atoms with Crippen molar-refractivity contribution in [2.45, 2.75) is 77.5 Å². The molecule has 9 aromatic rings. The maximum atomic E-state index is 8.95. The Morgan fingerprint density at radius 3 is 1.42 bits per heavy atom. The molecular weight excluding hydrogens is 1160 g/mol. The molecule has 1 aliphatic carbocycles. The zero-order valence-electron chi connectivity index (χ0n) is 45.2. The number of aliphatic hydroxyl groups excluding tert-OH is 3. The molecule has 6 aromatic carbocycles. The van der Waals surface area contributed by atoms with Gasteiger partial charge in [0.15, 0.2) is 0 Å². The molecule has 1 saturated carbocycles. The average Bonchev–Trinajstić information content (AvgIpc) is 4.29. The van der Waals surface area contributed by atoms with Gasteiger partial charge >= 0.3 is 0 Å². The van der Waals surface area contributed by atoms with Crippen molar-refractivity contribution >= 4 is 56.5 Å². The lowest BCUT2D eigenvalue weighted by atomic mass is 9.83. The van der Waals surface area contributed by atoms with Gasteiger partial charge in [-0.1, -0.05) is 178 Å². The van der Waals surface area contributed by atoms with Gasteiger partial charge in [0.1, 0.15) is 7.85 Å². The van der Waals surface area contributed by atoms with Crippen LogP contribution in [0.5, 0.6) is 0 Å². The molecular formula is C56H68BBr2N17O5. The van der Waals surface area contributed by atoms with Crippen LogP contribution in [0.3, 0.4) is 0 Å². The number of aromatic nitrogens is 12. The minimum Gasteiger partial charge on any atom is -0.412 e. The molecule has 0 amide bonds. The maximum Gasteiger partial charge on any atom is 0.206 e. The number of nitrogens with zero attached hydrogens (tertiary/aromatic N) is 15. The third-order valence-corrected chi connectivity index (χ3v) is 13.5. The molecule has 0 saturated heterocycles. The van der Waals surface area contributed by atoms with E-state index in [0.29, 0.717) is 54.9 Å². The third kappa shape index (κ3) is 21.4. The summed E-state index contributed by atoms with van der Waals surface area (Å²) in [7, 11) is 7.50. The van der Waals surface area contributed by atoms with E-state index in [-0.39, 0.29) is 30.8 Å². The lowest BCUT2D eigenvalue weighted by Crippen LogP contribution is -2.35. The molecule has 3 heterocycles. The number of azide groups is 1. The topological polar surface area (TPSA) is 341 Å². The van der Waals surface area contributed by atoms with E-state index in [9.17, 15) is 0 Å². The number of nitrogen functional groups attached to an aromatic ring is 1. The summed E-state index contributed by atoms with van der Waals surface area (Å²) in [5.74, 6) is 2.55. The molecule has 424 valence electrons. The lowest BCUT2D eigenvalue weighted by Gasteiger charge is -2.30. The van der Waals surface area contributed by atoms with Gasteiger partial charge in [-0.3, -0.25) is 0 Å². The van der Waals surface area contributed by atoms with Crippen molar-refractivity contribution in [2.75, 3.05) is 32.6 Å². The zero-order chi connectivity index (χ0) is 56.2. The highest BCUT2D eigenvalue weighted by Crippen LogP contribution is 2.27. The largest absolute Gasteiger partial charge is 0.412 e. The van der Waals surface area contributed by atoms with Gasteiger partial charge in [-0.05, 0) is 118 Å². The second kappa shape index (κ2) is 35.9. The van der Waals surface area contributed by atoms with E-state index in [1.54, 1.807) is 18.2 Å². The quantitative estimate of drug-likeness (QED) is 0.0209. The monoisotopic (exact) mass is 1230 g/mol. The first-order valence-electron chi connectivity index (χ1n) is 25.8. The first kappa shape index (κ1) is 65.9. The zero-order valence-corrected chi connectivity index (χ0v) is 48.3. The summed E-state index contributed by atoms with van der Waals surface area (Å²) < 4.78 is 2.13. The van der Waals surface area contributed by atoms with Gasteiger partial charge in [0, 0.05) is 48.0 Å². The summed E-state index contributed by atoms with van der Waals surface area (Å²) in [5.41, 5.74) is 23.4. The molecule has 2 radical (unpaired) electrons. The van der Waals surface area contributed by atoms with Crippen molar-refractivity contribution in [3.05, 3.63) is 187 Å². The fraction of sp³-hybridized carbons (Fsp3) is 0.304. The highest BCUT2D eigenvalue weighted by atomic mass is 79.9. The van der Waals surface area contributed by atoms with E-state index < -0.39 is 0 Å². The molecule has 0 aliphatic heterocycles. The number of benzene rings is 6. The molecule has 1 fully saturated rings. The molecule has 10 rings (SSSR count). The van der Waals surface area contributed by atoms with E-state index in [1.807, 2.05) is 109 Å². The highest BCUT2D eigenvalue weighted by Gasteiger charge is 2.21. The van der Waals surface area contributed by atoms with Crippen molar-refractivity contribution in [3.8, 4) is 34.2 Å². The summed E-state index contributed by atoms with van der Waals surface area (Å²) in [4.78, 5) is 6.89. The fourth-order valence-corrected chi connectivity index (χ4v) is 8.93. The van der Waals surface area contributed by atoms with Crippen LogP contribution in [0.15, 0.2) is 160 Å². The van der Waals surface area contributed by atoms with E-state index >= 15 is 0 Å². The molecule has 2 atom stereocenters. The SMILES string of the molecule is CC[C@H]1CCCC[C@@H]1NC.Nc1ccccc1-c1nnn(CCO)n1.O.O.OCCn1nnc(-c2ccccc2Cc2ccc(Br)cc2)n1.[B]c1ccc(Br)cc1.[N-]=[N+]=Nc1ccc(Cc2ccccc2-c2nnn(CCO)n2)cc1. The second-order valence-electron chi connectivity index (χ2n) is 17.9. The van der Waals surface area contributed by atoms with Gasteiger partial charge < -0.3 is 37.3 Å². The standard InChI is InChI=1S/C16H15BrN4O.C16H15N7O.C9H11N5O.C9H19N.C6H4BBr.2H2O/c17-14-7-5-12(6-8-14)11-13-3-1-2-4-15(13)16-18-20-21(19-16)9-10-22;17-21-18-14-7-5-12(6-8-14)11-13-3-1-2-4-15(13)16-19-22-23(20-16)9-10-24;10-8-4-2-1-3-7(8)9-11-13-14(12-9)5-6-15;1-3-8-6-4-5-7-9(8)10-2;7-5-1-3-6(8)4-2-5;;/h1-8,22H,9-11H2;1-8,24H,9-11H2;1-4,15H,5-6,10H2;8-10H,3-7H2,1-2H3;1-4H;2*1H2/t;;;8-,9-;;;/m...0.../s1. The number of nitrogens with two attached hydrogens (primary N) is 1. The summed E-state index contributed by atoms with van der Waals surface area (Å²) in [6.07, 6.45) is 8.58. The molecule has 0 bridgehead atoms. The van der Waals surface area contributed by atoms with Gasteiger partial charge in [-0.25, -0.2) is 0 Å². The summed E-state index contributed by atoms with van der Waals surface area (Å²) in [5, 5.41) is 69.9. The van der Waals surface area contributed by atoms with Gasteiger partial charge in [-0.2, -0.15) is 14.4 Å². The van der Waals surface area contributed by atoms with Gasteiger partial charge in [0.25, 0.3) is 0 Å². The number of para-hydroxylation sites is 1. The number of aliphatic hydroxyl groups is 3. The van der Waals surface area contributed by atoms with Crippen LogP contribution in [0.1, 0.15) is 61.3 Å². The predicted molar refractivity (Wildman–Crippen MR) is 322 cm³/mol. The molecule has 81 heavy (non-hydrogen) atoms. The molecule has 0 spiro atoms. The summed E-state index contributed by atoms with van der Waals surface area (Å²) >= 11 is 6.74. The Bertz CT molecular complexity index is 3220. The van der Waals surface area contributed by atoms with Crippen LogP contribution in [0.2, 0.25) is 0 Å². The van der Waals surface area contributed by atoms with Crippen LogP contribution in [0.4, 0.5) is 11.4 Å². The number of halogens is 2. The van der Waals surface area contributed by atoms with Crippen LogP contribution < -0.4 is 16.5 Å². The number of hydrogen-bond donors (Lipinski definition) is 5. The smallest absolute Gasteiger partial charge is 0.206 e. The lowest BCUT2D eigenvalue weighted by molar-refractivity contribution is 0.259. The van der Waals surface area contributed by atoms with Crippen LogP contribution >= 0.6 is 31.9 Å². The van der Waals surface area contributed by atoms with E-state index in [1.165, 1.54) is 52.1 Å². The molecule has 10 N–H and O–H groups in total. The Labute approximate surface area is 488 Å². The average molecular weight is 1230 g/mol.